The van der Waals surface area contributed by atoms with Crippen LogP contribution >= 0.6 is 0 Å². The number of aliphatic hydroxyl groups is 2. The first kappa shape index (κ1) is 21.6. The van der Waals surface area contributed by atoms with Gasteiger partial charge in [0.15, 0.2) is 5.78 Å². The summed E-state index contributed by atoms with van der Waals surface area (Å²) >= 11 is 0. The van der Waals surface area contributed by atoms with Gasteiger partial charge in [-0.25, -0.2) is 0 Å². The Morgan fingerprint density at radius 2 is 1.52 bits per heavy atom. The summed E-state index contributed by atoms with van der Waals surface area (Å²) in [6.45, 7) is 7.96. The Kier molecular flexibility index (Phi) is 12.2. The normalized spacial score (nSPS) is 13.2. The van der Waals surface area contributed by atoms with E-state index in [1.54, 1.807) is 6.08 Å². The van der Waals surface area contributed by atoms with E-state index in [0.29, 0.717) is 6.42 Å². The highest BCUT2D eigenvalue weighted by atomic mass is 16.3. The molecule has 0 aromatic heterocycles. The molecule has 0 aliphatic carbocycles. The monoisotopic (exact) mass is 320 g/mol. The van der Waals surface area contributed by atoms with E-state index in [1.807, 2.05) is 39.8 Å². The second kappa shape index (κ2) is 13.0. The Hall–Kier alpha value is -1.45. The van der Waals surface area contributed by atoms with Gasteiger partial charge in [0, 0.05) is 6.42 Å². The van der Waals surface area contributed by atoms with Crippen molar-refractivity contribution >= 4 is 5.78 Å². The maximum atomic E-state index is 11.9. The summed E-state index contributed by atoms with van der Waals surface area (Å²) < 4.78 is 0. The van der Waals surface area contributed by atoms with Gasteiger partial charge in [-0.1, -0.05) is 35.5 Å². The Labute approximate surface area is 141 Å². The van der Waals surface area contributed by atoms with E-state index in [4.69, 9.17) is 5.11 Å². The van der Waals surface area contributed by atoms with Crippen molar-refractivity contribution in [2.75, 3.05) is 13.2 Å². The lowest BCUT2D eigenvalue weighted by molar-refractivity contribution is -0.114. The van der Waals surface area contributed by atoms with Crippen molar-refractivity contribution in [3.8, 4) is 0 Å². The molecule has 0 fully saturated rings. The average molecular weight is 320 g/mol. The fraction of sp³-hybridized carbons (Fsp3) is 0.550. The lowest BCUT2D eigenvalue weighted by Gasteiger charge is -2.04. The van der Waals surface area contributed by atoms with Crippen molar-refractivity contribution in [3.63, 3.8) is 0 Å². The van der Waals surface area contributed by atoms with Crippen LogP contribution in [0.1, 0.15) is 59.8 Å². The standard InChI is InChI=1S/C20H32O3/c1-16(2)11-12-20(23)18(4)8-6-10-19(15-22)9-5-7-17(3)13-14-21/h8-9,11,13,21-22H,5-7,10,12,14-15H2,1-4H3. The molecule has 0 aliphatic rings. The van der Waals surface area contributed by atoms with Crippen LogP contribution < -0.4 is 0 Å². The van der Waals surface area contributed by atoms with Gasteiger partial charge in [-0.2, -0.15) is 0 Å². The number of rotatable bonds is 11. The zero-order valence-corrected chi connectivity index (χ0v) is 15.1. The predicted molar refractivity (Wildman–Crippen MR) is 97.3 cm³/mol. The molecule has 130 valence electrons. The third-order valence-corrected chi connectivity index (χ3v) is 3.67. The van der Waals surface area contributed by atoms with Crippen molar-refractivity contribution in [2.24, 2.45) is 0 Å². The lowest BCUT2D eigenvalue weighted by atomic mass is 10.0. The summed E-state index contributed by atoms with van der Waals surface area (Å²) in [5.41, 5.74) is 4.10. The van der Waals surface area contributed by atoms with E-state index in [1.165, 1.54) is 0 Å². The van der Waals surface area contributed by atoms with E-state index < -0.39 is 0 Å². The molecule has 0 spiro atoms. The minimum atomic E-state index is 0.0569. The maximum absolute atomic E-state index is 11.9. The van der Waals surface area contributed by atoms with Crippen molar-refractivity contribution in [3.05, 3.63) is 46.6 Å². The Morgan fingerprint density at radius 3 is 2.09 bits per heavy atom. The number of ketones is 1. The first-order valence-electron chi connectivity index (χ1n) is 8.29. The highest BCUT2D eigenvalue weighted by molar-refractivity contribution is 5.95. The van der Waals surface area contributed by atoms with Gasteiger partial charge in [0.2, 0.25) is 0 Å². The number of hydrogen-bond donors (Lipinski definition) is 2. The van der Waals surface area contributed by atoms with Crippen LogP contribution in [0.25, 0.3) is 0 Å². The molecule has 0 amide bonds. The van der Waals surface area contributed by atoms with Gasteiger partial charge in [0.1, 0.15) is 0 Å². The Morgan fingerprint density at radius 1 is 0.870 bits per heavy atom. The quantitative estimate of drug-likeness (QED) is 0.441. The second-order valence-electron chi connectivity index (χ2n) is 6.13. The third kappa shape index (κ3) is 11.7. The smallest absolute Gasteiger partial charge is 0.162 e. The lowest BCUT2D eigenvalue weighted by Crippen LogP contribution is -1.98. The molecule has 0 bridgehead atoms. The fourth-order valence-corrected chi connectivity index (χ4v) is 2.05. The minimum absolute atomic E-state index is 0.0569. The second-order valence-corrected chi connectivity index (χ2v) is 6.13. The molecule has 3 nitrogen and oxygen atoms in total. The topological polar surface area (TPSA) is 57.5 Å². The van der Waals surface area contributed by atoms with Crippen LogP contribution in [0.5, 0.6) is 0 Å². The van der Waals surface area contributed by atoms with Crippen molar-refractivity contribution in [2.45, 2.75) is 59.8 Å². The molecule has 0 heterocycles. The molecule has 0 aliphatic heterocycles. The third-order valence-electron chi connectivity index (χ3n) is 3.67. The Bertz CT molecular complexity index is 475. The van der Waals surface area contributed by atoms with E-state index in [0.717, 1.165) is 48.0 Å². The van der Waals surface area contributed by atoms with Crippen molar-refractivity contribution < 1.29 is 15.0 Å². The molecule has 0 aromatic carbocycles. The summed E-state index contributed by atoms with van der Waals surface area (Å²) in [6.07, 6.45) is 11.5. The van der Waals surface area contributed by atoms with E-state index in [9.17, 15) is 9.90 Å². The fourth-order valence-electron chi connectivity index (χ4n) is 2.05. The molecular formula is C20H32O3. The number of carbonyl (C=O) groups is 1. The van der Waals surface area contributed by atoms with Gasteiger partial charge in [-0.05, 0) is 64.5 Å². The van der Waals surface area contributed by atoms with Crippen LogP contribution in [0.4, 0.5) is 0 Å². The molecule has 3 heteroatoms. The molecule has 0 unspecified atom stereocenters. The average Bonchev–Trinajstić information content (AvgIpc) is 2.50. The SMILES string of the molecule is CC(C)=CCC(=O)C(C)=CCCC(=CCCC(C)=CCO)CO. The van der Waals surface area contributed by atoms with E-state index >= 15 is 0 Å². The molecular weight excluding hydrogens is 288 g/mol. The molecule has 2 N–H and O–H groups in total. The molecule has 0 saturated carbocycles. The zero-order valence-electron chi connectivity index (χ0n) is 15.1. The van der Waals surface area contributed by atoms with Crippen LogP contribution in [0.3, 0.4) is 0 Å². The first-order valence-corrected chi connectivity index (χ1v) is 8.29. The summed E-state index contributed by atoms with van der Waals surface area (Å²) in [6, 6.07) is 0. The molecule has 0 atom stereocenters. The van der Waals surface area contributed by atoms with Crippen LogP contribution in [0.15, 0.2) is 46.6 Å². The van der Waals surface area contributed by atoms with Gasteiger partial charge in [0.05, 0.1) is 13.2 Å². The number of Topliss-reactive ketones (excluding diaryl/α,β-unsaturated/α-hetero) is 1. The van der Waals surface area contributed by atoms with Crippen molar-refractivity contribution in [1.29, 1.82) is 0 Å². The molecule has 0 rings (SSSR count). The minimum Gasteiger partial charge on any atom is -0.392 e. The van der Waals surface area contributed by atoms with Gasteiger partial charge in [0.25, 0.3) is 0 Å². The number of allylic oxidation sites excluding steroid dienone is 6. The Balaban J connectivity index is 4.34. The largest absolute Gasteiger partial charge is 0.392 e. The number of carbonyl (C=O) groups excluding carboxylic acids is 1. The molecule has 0 aromatic rings. The maximum Gasteiger partial charge on any atom is 0.162 e. The van der Waals surface area contributed by atoms with Crippen molar-refractivity contribution in [1.82, 2.24) is 0 Å². The highest BCUT2D eigenvalue weighted by Crippen LogP contribution is 2.12. The van der Waals surface area contributed by atoms with E-state index in [2.05, 4.69) is 6.08 Å². The number of hydrogen-bond acceptors (Lipinski definition) is 3. The molecule has 0 radical (unpaired) electrons. The number of aliphatic hydroxyl groups excluding tert-OH is 2. The predicted octanol–water partition coefficient (Wildman–Crippen LogP) is 4.28. The van der Waals surface area contributed by atoms with Crippen LogP contribution in [-0.4, -0.2) is 29.2 Å². The van der Waals surface area contributed by atoms with E-state index in [-0.39, 0.29) is 19.0 Å². The van der Waals surface area contributed by atoms with Gasteiger partial charge in [-0.3, -0.25) is 4.79 Å². The van der Waals surface area contributed by atoms with Gasteiger partial charge >= 0.3 is 0 Å². The molecule has 0 saturated heterocycles. The highest BCUT2D eigenvalue weighted by Gasteiger charge is 2.02. The summed E-state index contributed by atoms with van der Waals surface area (Å²) in [5, 5.41) is 18.2. The molecule has 23 heavy (non-hydrogen) atoms. The van der Waals surface area contributed by atoms with Crippen LogP contribution in [0, 0.1) is 0 Å². The van der Waals surface area contributed by atoms with Gasteiger partial charge < -0.3 is 10.2 Å². The summed E-state index contributed by atoms with van der Waals surface area (Å²) in [7, 11) is 0. The van der Waals surface area contributed by atoms with Crippen LogP contribution in [0.2, 0.25) is 0 Å². The summed E-state index contributed by atoms with van der Waals surface area (Å²) in [5.74, 6) is 0.158. The zero-order chi connectivity index (χ0) is 17.7. The van der Waals surface area contributed by atoms with Crippen LogP contribution in [-0.2, 0) is 4.79 Å². The first-order chi connectivity index (χ1) is 10.9. The van der Waals surface area contributed by atoms with Gasteiger partial charge in [-0.15, -0.1) is 0 Å². The summed E-state index contributed by atoms with van der Waals surface area (Å²) in [4.78, 5) is 11.9.